The highest BCUT2D eigenvalue weighted by Gasteiger charge is 2.32. The van der Waals surface area contributed by atoms with E-state index >= 15 is 0 Å². The van der Waals surface area contributed by atoms with Gasteiger partial charge in [-0.25, -0.2) is 4.99 Å². The molecule has 1 aliphatic heterocycles. The molecule has 0 aliphatic carbocycles. The summed E-state index contributed by atoms with van der Waals surface area (Å²) in [5, 5.41) is 13.8. The lowest BCUT2D eigenvalue weighted by atomic mass is 9.95. The number of rotatable bonds is 5. The second-order valence-corrected chi connectivity index (χ2v) is 10.8. The number of hydrogen-bond acceptors (Lipinski definition) is 6. The fourth-order valence-electron chi connectivity index (χ4n) is 4.27. The SMILES string of the molecule is COc1ccc([C@H]2C(C(=O)Nc3ccccc3)=C(C)N=c3s/c(=C/c4cc(Cl)cc(Br)c4O)c(=O)n32)cc1. The first-order valence-corrected chi connectivity index (χ1v) is 13.5. The summed E-state index contributed by atoms with van der Waals surface area (Å²) >= 11 is 10.6. The number of phenolic OH excluding ortho intramolecular Hbond substituents is 1. The third-order valence-electron chi connectivity index (χ3n) is 6.07. The van der Waals surface area contributed by atoms with Gasteiger partial charge in [-0.05, 0) is 70.9 Å². The third kappa shape index (κ3) is 4.92. The van der Waals surface area contributed by atoms with Crippen LogP contribution in [-0.4, -0.2) is 22.7 Å². The molecule has 2 N–H and O–H groups in total. The first-order chi connectivity index (χ1) is 18.3. The predicted molar refractivity (Wildman–Crippen MR) is 153 cm³/mol. The average Bonchev–Trinajstić information content (AvgIpc) is 3.20. The fraction of sp³-hybridized carbons (Fsp3) is 0.107. The summed E-state index contributed by atoms with van der Waals surface area (Å²) in [6, 6.07) is 18.7. The van der Waals surface area contributed by atoms with E-state index in [0.717, 1.165) is 5.56 Å². The Balaban J connectivity index is 1.70. The molecule has 192 valence electrons. The van der Waals surface area contributed by atoms with Gasteiger partial charge in [0.2, 0.25) is 0 Å². The highest BCUT2D eigenvalue weighted by Crippen LogP contribution is 2.33. The number of phenols is 1. The molecule has 0 bridgehead atoms. The largest absolute Gasteiger partial charge is 0.506 e. The second kappa shape index (κ2) is 10.6. The van der Waals surface area contributed by atoms with Gasteiger partial charge in [0.15, 0.2) is 4.80 Å². The number of carbonyl (C=O) groups is 1. The number of anilines is 1. The van der Waals surface area contributed by atoms with Crippen molar-refractivity contribution in [3.63, 3.8) is 0 Å². The zero-order valence-corrected chi connectivity index (χ0v) is 23.4. The van der Waals surface area contributed by atoms with Crippen LogP contribution in [0.25, 0.3) is 6.08 Å². The van der Waals surface area contributed by atoms with E-state index in [4.69, 9.17) is 16.3 Å². The van der Waals surface area contributed by atoms with E-state index < -0.39 is 6.04 Å². The number of thiazole rings is 1. The molecule has 2 heterocycles. The van der Waals surface area contributed by atoms with Crippen molar-refractivity contribution in [2.45, 2.75) is 13.0 Å². The van der Waals surface area contributed by atoms with Crippen LogP contribution in [-0.2, 0) is 4.79 Å². The van der Waals surface area contributed by atoms with Gasteiger partial charge < -0.3 is 15.2 Å². The number of hydrogen-bond donors (Lipinski definition) is 2. The summed E-state index contributed by atoms with van der Waals surface area (Å²) in [4.78, 5) is 32.5. The molecule has 0 radical (unpaired) electrons. The van der Waals surface area contributed by atoms with E-state index in [1.54, 1.807) is 56.5 Å². The van der Waals surface area contributed by atoms with Crippen LogP contribution in [0, 0.1) is 0 Å². The van der Waals surface area contributed by atoms with Crippen molar-refractivity contribution in [2.75, 3.05) is 12.4 Å². The number of fused-ring (bicyclic) bond motifs is 1. The van der Waals surface area contributed by atoms with Crippen molar-refractivity contribution in [2.24, 2.45) is 4.99 Å². The van der Waals surface area contributed by atoms with Crippen molar-refractivity contribution in [1.29, 1.82) is 0 Å². The van der Waals surface area contributed by atoms with Crippen molar-refractivity contribution in [1.82, 2.24) is 4.57 Å². The number of aromatic nitrogens is 1. The molecule has 0 fully saturated rings. The third-order valence-corrected chi connectivity index (χ3v) is 7.88. The predicted octanol–water partition coefficient (Wildman–Crippen LogP) is 5.00. The molecule has 38 heavy (non-hydrogen) atoms. The molecule has 0 spiro atoms. The number of aromatic hydroxyl groups is 1. The van der Waals surface area contributed by atoms with E-state index in [1.165, 1.54) is 15.9 Å². The topological polar surface area (TPSA) is 92.9 Å². The van der Waals surface area contributed by atoms with Gasteiger partial charge in [0.25, 0.3) is 11.5 Å². The Morgan fingerprint density at radius 1 is 1.18 bits per heavy atom. The number of benzene rings is 3. The number of nitrogens with one attached hydrogen (secondary N) is 1. The maximum atomic E-state index is 13.8. The van der Waals surface area contributed by atoms with Crippen LogP contribution in [0.2, 0.25) is 5.02 Å². The highest BCUT2D eigenvalue weighted by atomic mass is 79.9. The van der Waals surface area contributed by atoms with Gasteiger partial charge in [-0.1, -0.05) is 53.3 Å². The number of halogens is 2. The summed E-state index contributed by atoms with van der Waals surface area (Å²) in [6.07, 6.45) is 1.57. The molecule has 0 unspecified atom stereocenters. The second-order valence-electron chi connectivity index (χ2n) is 8.50. The Bertz CT molecular complexity index is 1760. The summed E-state index contributed by atoms with van der Waals surface area (Å²) in [7, 11) is 1.57. The van der Waals surface area contributed by atoms with Crippen LogP contribution in [0.5, 0.6) is 11.5 Å². The van der Waals surface area contributed by atoms with Crippen molar-refractivity contribution in [3.8, 4) is 11.5 Å². The number of ether oxygens (including phenoxy) is 1. The number of allylic oxidation sites excluding steroid dienone is 1. The minimum absolute atomic E-state index is 0.0361. The van der Waals surface area contributed by atoms with E-state index in [0.29, 0.717) is 47.1 Å². The number of para-hydroxylation sites is 1. The van der Waals surface area contributed by atoms with Gasteiger partial charge in [-0.2, -0.15) is 0 Å². The molecule has 0 saturated heterocycles. The van der Waals surface area contributed by atoms with Crippen molar-refractivity contribution in [3.05, 3.63) is 118 Å². The lowest BCUT2D eigenvalue weighted by Crippen LogP contribution is -2.40. The van der Waals surface area contributed by atoms with Gasteiger partial charge in [-0.3, -0.25) is 14.2 Å². The molecule has 1 amide bonds. The Morgan fingerprint density at radius 2 is 1.89 bits per heavy atom. The molecule has 1 aromatic heterocycles. The van der Waals surface area contributed by atoms with Crippen LogP contribution >= 0.6 is 38.9 Å². The summed E-state index contributed by atoms with van der Waals surface area (Å²) in [5.74, 6) is 0.258. The standard InChI is InChI=1S/C28H21BrClN3O4S/c1-15-23(26(35)32-19-6-4-3-5-7-19)24(16-8-10-20(37-2)11-9-16)33-27(36)22(38-28(33)31-15)13-17-12-18(30)14-21(29)25(17)34/h3-14,24,34H,1-2H3,(H,32,35)/b22-13+/t24-/m0/s1. The van der Waals surface area contributed by atoms with Crippen molar-refractivity contribution >= 4 is 56.5 Å². The first-order valence-electron chi connectivity index (χ1n) is 11.5. The molecule has 10 heteroatoms. The zero-order valence-electron chi connectivity index (χ0n) is 20.2. The summed E-state index contributed by atoms with van der Waals surface area (Å²) < 4.78 is 7.57. The average molecular weight is 611 g/mol. The molecular formula is C28H21BrClN3O4S. The summed E-state index contributed by atoms with van der Waals surface area (Å²) in [6.45, 7) is 1.76. The van der Waals surface area contributed by atoms with E-state index in [-0.39, 0.29) is 17.2 Å². The Hall–Kier alpha value is -3.66. The van der Waals surface area contributed by atoms with Gasteiger partial charge in [0.1, 0.15) is 11.5 Å². The smallest absolute Gasteiger partial charge is 0.271 e. The quantitative estimate of drug-likeness (QED) is 0.333. The lowest BCUT2D eigenvalue weighted by molar-refractivity contribution is -0.113. The Labute approximate surface area is 235 Å². The molecule has 0 saturated carbocycles. The zero-order chi connectivity index (χ0) is 27.0. The van der Waals surface area contributed by atoms with Crippen molar-refractivity contribution < 1.29 is 14.6 Å². The monoisotopic (exact) mass is 609 g/mol. The number of carbonyl (C=O) groups excluding carboxylic acids is 1. The molecule has 7 nitrogen and oxygen atoms in total. The number of nitrogens with zero attached hydrogens (tertiary/aromatic N) is 2. The van der Waals surface area contributed by atoms with Gasteiger partial charge in [0.05, 0.1) is 33.4 Å². The van der Waals surface area contributed by atoms with Crippen LogP contribution in [0.3, 0.4) is 0 Å². The number of amides is 1. The normalized spacial score (nSPS) is 15.2. The molecule has 1 aliphatic rings. The van der Waals surface area contributed by atoms with Gasteiger partial charge >= 0.3 is 0 Å². The minimum atomic E-state index is -0.734. The molecule has 4 aromatic rings. The van der Waals surface area contributed by atoms with Gasteiger partial charge in [0, 0.05) is 16.3 Å². The van der Waals surface area contributed by atoms with Crippen LogP contribution in [0.4, 0.5) is 5.69 Å². The number of methoxy groups -OCH3 is 1. The Kier molecular flexibility index (Phi) is 7.25. The molecular weight excluding hydrogens is 590 g/mol. The van der Waals surface area contributed by atoms with Crippen LogP contribution in [0.1, 0.15) is 24.1 Å². The van der Waals surface area contributed by atoms with Crippen LogP contribution in [0.15, 0.2) is 92.3 Å². The maximum absolute atomic E-state index is 13.8. The van der Waals surface area contributed by atoms with E-state index in [9.17, 15) is 14.7 Å². The molecule has 1 atom stereocenters. The van der Waals surface area contributed by atoms with Gasteiger partial charge in [-0.15, -0.1) is 0 Å². The molecule has 3 aromatic carbocycles. The Morgan fingerprint density at radius 3 is 2.58 bits per heavy atom. The summed E-state index contributed by atoms with van der Waals surface area (Å²) in [5.41, 5.74) is 2.24. The van der Waals surface area contributed by atoms with E-state index in [1.807, 2.05) is 30.3 Å². The van der Waals surface area contributed by atoms with E-state index in [2.05, 4.69) is 26.2 Å². The highest BCUT2D eigenvalue weighted by molar-refractivity contribution is 9.10. The van der Waals surface area contributed by atoms with Crippen LogP contribution < -0.4 is 24.9 Å². The lowest BCUT2D eigenvalue weighted by Gasteiger charge is -2.25. The fourth-order valence-corrected chi connectivity index (χ4v) is 6.14. The maximum Gasteiger partial charge on any atom is 0.271 e. The molecule has 5 rings (SSSR count). The minimum Gasteiger partial charge on any atom is -0.506 e. The first kappa shape index (κ1) is 26.0.